The van der Waals surface area contributed by atoms with E-state index in [9.17, 15) is 23.1 Å². The molecule has 1 aliphatic heterocycles. The van der Waals surface area contributed by atoms with E-state index in [1.54, 1.807) is 0 Å². The number of rotatable bonds is 3. The second kappa shape index (κ2) is 5.44. The van der Waals surface area contributed by atoms with Crippen molar-refractivity contribution in [2.75, 3.05) is 13.1 Å². The summed E-state index contributed by atoms with van der Waals surface area (Å²) in [5.74, 6) is -1.64. The van der Waals surface area contributed by atoms with Gasteiger partial charge in [-0.15, -0.1) is 0 Å². The van der Waals surface area contributed by atoms with Crippen molar-refractivity contribution in [3.05, 3.63) is 0 Å². The third-order valence-electron chi connectivity index (χ3n) is 3.05. The van der Waals surface area contributed by atoms with Crippen LogP contribution >= 0.6 is 0 Å². The van der Waals surface area contributed by atoms with E-state index in [0.29, 0.717) is 25.9 Å². The summed E-state index contributed by atoms with van der Waals surface area (Å²) in [5.41, 5.74) is -1.81. The number of carbonyl (C=O) groups is 1. The summed E-state index contributed by atoms with van der Waals surface area (Å²) in [6.45, 7) is 3.35. The molecule has 0 saturated carbocycles. The lowest BCUT2D eigenvalue weighted by Gasteiger charge is -2.34. The average molecular weight is 268 g/mol. The molecule has 1 rings (SSSR count). The lowest BCUT2D eigenvalue weighted by atomic mass is 9.89. The number of carbonyl (C=O) groups excluding carboxylic acids is 1. The number of amides is 1. The number of alkyl halides is 3. The first-order valence-corrected chi connectivity index (χ1v) is 5.93. The second-order valence-corrected chi connectivity index (χ2v) is 5.14. The summed E-state index contributed by atoms with van der Waals surface area (Å²) < 4.78 is 38.8. The Morgan fingerprint density at radius 1 is 1.33 bits per heavy atom. The quantitative estimate of drug-likeness (QED) is 0.709. The second-order valence-electron chi connectivity index (χ2n) is 5.14. The van der Waals surface area contributed by atoms with Crippen LogP contribution < -0.4 is 10.6 Å². The summed E-state index contributed by atoms with van der Waals surface area (Å²) in [7, 11) is 0. The maximum Gasteiger partial charge on any atom is 0.408 e. The minimum absolute atomic E-state index is 0.357. The zero-order valence-corrected chi connectivity index (χ0v) is 10.5. The van der Waals surface area contributed by atoms with Crippen LogP contribution in [0.2, 0.25) is 0 Å². The minimum Gasteiger partial charge on any atom is -0.381 e. The molecule has 1 heterocycles. The first-order chi connectivity index (χ1) is 8.12. The van der Waals surface area contributed by atoms with Gasteiger partial charge in [-0.3, -0.25) is 4.79 Å². The fourth-order valence-corrected chi connectivity index (χ4v) is 1.96. The highest BCUT2D eigenvalue weighted by Crippen LogP contribution is 2.30. The molecule has 1 atom stereocenters. The topological polar surface area (TPSA) is 61.4 Å². The molecule has 0 bridgehead atoms. The van der Waals surface area contributed by atoms with Gasteiger partial charge < -0.3 is 15.7 Å². The van der Waals surface area contributed by atoms with Crippen LogP contribution in [0, 0.1) is 5.92 Å². The molecule has 0 aromatic heterocycles. The van der Waals surface area contributed by atoms with Crippen LogP contribution in [0.5, 0.6) is 0 Å². The van der Waals surface area contributed by atoms with Crippen LogP contribution in [0.3, 0.4) is 0 Å². The Hall–Kier alpha value is -0.820. The SMILES string of the molecule is CC(C)(O)C(=O)NC(C1CCNCC1)C(F)(F)F. The monoisotopic (exact) mass is 268 g/mol. The molecular formula is C11H19F3N2O2. The predicted molar refractivity (Wildman–Crippen MR) is 59.9 cm³/mol. The number of piperidine rings is 1. The zero-order chi connectivity index (χ0) is 14.0. The van der Waals surface area contributed by atoms with Crippen molar-refractivity contribution in [3.63, 3.8) is 0 Å². The smallest absolute Gasteiger partial charge is 0.381 e. The maximum atomic E-state index is 12.9. The molecule has 1 amide bonds. The van der Waals surface area contributed by atoms with Gasteiger partial charge in [0.1, 0.15) is 11.6 Å². The maximum absolute atomic E-state index is 12.9. The van der Waals surface area contributed by atoms with Crippen LogP contribution in [0.1, 0.15) is 26.7 Å². The van der Waals surface area contributed by atoms with Crippen LogP contribution in [0.25, 0.3) is 0 Å². The molecule has 1 fully saturated rings. The van der Waals surface area contributed by atoms with E-state index in [4.69, 9.17) is 0 Å². The molecule has 0 aromatic rings. The van der Waals surface area contributed by atoms with Gasteiger partial charge >= 0.3 is 6.18 Å². The van der Waals surface area contributed by atoms with Gasteiger partial charge in [0.15, 0.2) is 0 Å². The molecule has 0 radical (unpaired) electrons. The highest BCUT2D eigenvalue weighted by atomic mass is 19.4. The molecule has 0 aliphatic carbocycles. The molecule has 0 spiro atoms. The first kappa shape index (κ1) is 15.2. The fraction of sp³-hybridized carbons (Fsp3) is 0.909. The van der Waals surface area contributed by atoms with Crippen molar-refractivity contribution >= 4 is 5.91 Å². The van der Waals surface area contributed by atoms with Gasteiger partial charge in [0, 0.05) is 0 Å². The van der Waals surface area contributed by atoms with Crippen molar-refractivity contribution in [3.8, 4) is 0 Å². The van der Waals surface area contributed by atoms with Crippen LogP contribution in [0.15, 0.2) is 0 Å². The lowest BCUT2D eigenvalue weighted by molar-refractivity contribution is -0.177. The summed E-state index contributed by atoms with van der Waals surface area (Å²) in [5, 5.41) is 14.3. The van der Waals surface area contributed by atoms with Gasteiger partial charge in [-0.05, 0) is 45.7 Å². The van der Waals surface area contributed by atoms with E-state index < -0.39 is 29.6 Å². The van der Waals surface area contributed by atoms with Gasteiger partial charge in [0.25, 0.3) is 5.91 Å². The van der Waals surface area contributed by atoms with E-state index in [1.165, 1.54) is 0 Å². The molecule has 18 heavy (non-hydrogen) atoms. The number of nitrogens with one attached hydrogen (secondary N) is 2. The largest absolute Gasteiger partial charge is 0.408 e. The van der Waals surface area contributed by atoms with Crippen molar-refractivity contribution in [2.45, 2.75) is 44.5 Å². The third kappa shape index (κ3) is 4.13. The molecule has 7 heteroatoms. The molecule has 1 unspecified atom stereocenters. The Labute approximate surface area is 104 Å². The van der Waals surface area contributed by atoms with E-state index >= 15 is 0 Å². The Bertz CT molecular complexity index is 294. The fourth-order valence-electron chi connectivity index (χ4n) is 1.96. The van der Waals surface area contributed by atoms with Crippen molar-refractivity contribution in [1.29, 1.82) is 0 Å². The Balaban J connectivity index is 2.76. The van der Waals surface area contributed by atoms with Crippen molar-refractivity contribution < 1.29 is 23.1 Å². The highest BCUT2D eigenvalue weighted by molar-refractivity contribution is 5.84. The molecule has 4 nitrogen and oxygen atoms in total. The zero-order valence-electron chi connectivity index (χ0n) is 10.5. The van der Waals surface area contributed by atoms with Crippen molar-refractivity contribution in [1.82, 2.24) is 10.6 Å². The molecule has 0 aromatic carbocycles. The van der Waals surface area contributed by atoms with Crippen molar-refractivity contribution in [2.24, 2.45) is 5.92 Å². The van der Waals surface area contributed by atoms with Gasteiger partial charge in [-0.1, -0.05) is 0 Å². The van der Waals surface area contributed by atoms with Crippen LogP contribution in [-0.4, -0.2) is 41.9 Å². The van der Waals surface area contributed by atoms with Crippen LogP contribution in [-0.2, 0) is 4.79 Å². The number of hydrogen-bond donors (Lipinski definition) is 3. The molecule has 106 valence electrons. The summed E-state index contributed by atoms with van der Waals surface area (Å²) >= 11 is 0. The first-order valence-electron chi connectivity index (χ1n) is 5.93. The Morgan fingerprint density at radius 3 is 2.22 bits per heavy atom. The molecule has 3 N–H and O–H groups in total. The summed E-state index contributed by atoms with van der Waals surface area (Å²) in [6, 6.07) is -1.89. The van der Waals surface area contributed by atoms with E-state index in [0.717, 1.165) is 13.8 Å². The van der Waals surface area contributed by atoms with Gasteiger partial charge in [0.05, 0.1) is 0 Å². The Kier molecular flexibility index (Phi) is 4.61. The number of hydrogen-bond acceptors (Lipinski definition) is 3. The summed E-state index contributed by atoms with van der Waals surface area (Å²) in [6.07, 6.45) is -3.78. The third-order valence-corrected chi connectivity index (χ3v) is 3.05. The van der Waals surface area contributed by atoms with E-state index in [-0.39, 0.29) is 0 Å². The standard InChI is InChI=1S/C11H19F3N2O2/c1-10(2,18)9(17)16-8(11(12,13)14)7-3-5-15-6-4-7/h7-8,15,18H,3-6H2,1-2H3,(H,16,17). The predicted octanol–water partition coefficient (Wildman–Crippen LogP) is 0.804. The minimum atomic E-state index is -4.50. The number of aliphatic hydroxyl groups is 1. The van der Waals surface area contributed by atoms with Gasteiger partial charge in [-0.2, -0.15) is 13.2 Å². The Morgan fingerprint density at radius 2 is 1.83 bits per heavy atom. The lowest BCUT2D eigenvalue weighted by Crippen LogP contribution is -2.56. The average Bonchev–Trinajstić information content (AvgIpc) is 2.23. The normalized spacial score (nSPS) is 20.6. The highest BCUT2D eigenvalue weighted by Gasteiger charge is 2.46. The number of halogens is 3. The van der Waals surface area contributed by atoms with Gasteiger partial charge in [0.2, 0.25) is 0 Å². The molecule has 1 saturated heterocycles. The molecule has 1 aliphatic rings. The van der Waals surface area contributed by atoms with E-state index in [1.807, 2.05) is 5.32 Å². The summed E-state index contributed by atoms with van der Waals surface area (Å²) in [4.78, 5) is 11.5. The van der Waals surface area contributed by atoms with Crippen LogP contribution in [0.4, 0.5) is 13.2 Å². The van der Waals surface area contributed by atoms with E-state index in [2.05, 4.69) is 5.32 Å². The van der Waals surface area contributed by atoms with Gasteiger partial charge in [-0.25, -0.2) is 0 Å². The molecular weight excluding hydrogens is 249 g/mol.